The summed E-state index contributed by atoms with van der Waals surface area (Å²) in [6.07, 6.45) is 6.06. The maximum atomic E-state index is 5.23. The average Bonchev–Trinajstić information content (AvgIpc) is 1.97. The van der Waals surface area contributed by atoms with Crippen molar-refractivity contribution in [3.05, 3.63) is 36.1 Å². The van der Waals surface area contributed by atoms with Crippen molar-refractivity contribution in [2.45, 2.75) is 20.8 Å². The molecule has 0 aromatic heterocycles. The molecule has 0 aliphatic carbocycles. The van der Waals surface area contributed by atoms with Crippen molar-refractivity contribution in [3.63, 3.8) is 0 Å². The number of hydrogen-bond acceptors (Lipinski definition) is 1. The normalized spacial score (nSPS) is 12.1. The minimum atomic E-state index is 0.621. The lowest BCUT2D eigenvalue weighted by atomic mass is 10.2. The molecule has 62 valence electrons. The molecule has 0 amide bonds. The lowest BCUT2D eigenvalue weighted by Crippen LogP contribution is -1.93. The first-order valence-corrected chi connectivity index (χ1v) is 3.77. The van der Waals surface area contributed by atoms with E-state index < -0.39 is 0 Å². The first-order chi connectivity index (χ1) is 5.20. The summed E-state index contributed by atoms with van der Waals surface area (Å²) in [7, 11) is 0. The standard InChI is InChI=1S/C10H16O/c1-5-7-10(6-2)8-11-9(3)4/h5-7H,3,8H2,1-2,4H3/b7-5-,10-6+. The molecule has 0 saturated heterocycles. The van der Waals surface area contributed by atoms with Gasteiger partial charge in [-0.25, -0.2) is 0 Å². The Morgan fingerprint density at radius 1 is 1.45 bits per heavy atom. The number of rotatable bonds is 4. The Bertz CT molecular complexity index is 175. The molecule has 0 fully saturated rings. The van der Waals surface area contributed by atoms with Crippen LogP contribution in [0.4, 0.5) is 0 Å². The zero-order chi connectivity index (χ0) is 8.69. The van der Waals surface area contributed by atoms with Crippen molar-refractivity contribution in [1.82, 2.24) is 0 Å². The molecule has 0 aromatic carbocycles. The Labute approximate surface area is 69.1 Å². The molecule has 11 heavy (non-hydrogen) atoms. The van der Waals surface area contributed by atoms with E-state index in [0.717, 1.165) is 5.76 Å². The fourth-order valence-electron chi connectivity index (χ4n) is 0.648. The molecule has 0 radical (unpaired) electrons. The van der Waals surface area contributed by atoms with Crippen molar-refractivity contribution < 1.29 is 4.74 Å². The van der Waals surface area contributed by atoms with Crippen molar-refractivity contribution in [1.29, 1.82) is 0 Å². The Morgan fingerprint density at radius 3 is 2.45 bits per heavy atom. The highest BCUT2D eigenvalue weighted by Gasteiger charge is 1.90. The van der Waals surface area contributed by atoms with Crippen molar-refractivity contribution >= 4 is 0 Å². The van der Waals surface area contributed by atoms with Gasteiger partial charge in [-0.3, -0.25) is 0 Å². The number of hydrogen-bond donors (Lipinski definition) is 0. The maximum absolute atomic E-state index is 5.23. The molecule has 0 spiro atoms. The van der Waals surface area contributed by atoms with Crippen LogP contribution in [0.5, 0.6) is 0 Å². The molecule has 0 bridgehead atoms. The van der Waals surface area contributed by atoms with Crippen LogP contribution in [-0.4, -0.2) is 6.61 Å². The largest absolute Gasteiger partial charge is 0.494 e. The zero-order valence-electron chi connectivity index (χ0n) is 7.55. The highest BCUT2D eigenvalue weighted by Crippen LogP contribution is 2.00. The van der Waals surface area contributed by atoms with E-state index in [4.69, 9.17) is 4.74 Å². The maximum Gasteiger partial charge on any atom is 0.112 e. The molecule has 0 aromatic rings. The summed E-state index contributed by atoms with van der Waals surface area (Å²) in [5.74, 6) is 0.758. The topological polar surface area (TPSA) is 9.23 Å². The molecule has 0 N–H and O–H groups in total. The fraction of sp³-hybridized carbons (Fsp3) is 0.400. The lowest BCUT2D eigenvalue weighted by Gasteiger charge is -2.04. The summed E-state index contributed by atoms with van der Waals surface area (Å²) >= 11 is 0. The van der Waals surface area contributed by atoms with Crippen LogP contribution in [0.25, 0.3) is 0 Å². The lowest BCUT2D eigenvalue weighted by molar-refractivity contribution is 0.246. The second-order valence-electron chi connectivity index (χ2n) is 2.35. The van der Waals surface area contributed by atoms with Crippen LogP contribution in [0, 0.1) is 0 Å². The van der Waals surface area contributed by atoms with Crippen LogP contribution >= 0.6 is 0 Å². The van der Waals surface area contributed by atoms with E-state index in [1.165, 1.54) is 5.57 Å². The van der Waals surface area contributed by atoms with Gasteiger partial charge >= 0.3 is 0 Å². The van der Waals surface area contributed by atoms with Gasteiger partial charge in [0.25, 0.3) is 0 Å². The Balaban J connectivity index is 3.81. The summed E-state index contributed by atoms with van der Waals surface area (Å²) < 4.78 is 5.23. The third-order valence-electron chi connectivity index (χ3n) is 1.24. The molecule has 0 atom stereocenters. The zero-order valence-corrected chi connectivity index (χ0v) is 7.55. The van der Waals surface area contributed by atoms with Gasteiger partial charge in [0.05, 0.1) is 5.76 Å². The Morgan fingerprint density at radius 2 is 2.09 bits per heavy atom. The summed E-state index contributed by atoms with van der Waals surface area (Å²) in [5, 5.41) is 0. The van der Waals surface area contributed by atoms with Gasteiger partial charge < -0.3 is 4.74 Å². The quantitative estimate of drug-likeness (QED) is 0.444. The second-order valence-corrected chi connectivity index (χ2v) is 2.35. The van der Waals surface area contributed by atoms with E-state index in [1.54, 1.807) is 0 Å². The van der Waals surface area contributed by atoms with Crippen LogP contribution in [0.2, 0.25) is 0 Å². The van der Waals surface area contributed by atoms with E-state index in [1.807, 2.05) is 39.0 Å². The summed E-state index contributed by atoms with van der Waals surface area (Å²) in [6, 6.07) is 0. The van der Waals surface area contributed by atoms with Gasteiger partial charge in [0, 0.05) is 0 Å². The third kappa shape index (κ3) is 5.46. The van der Waals surface area contributed by atoms with Crippen LogP contribution in [0.1, 0.15) is 20.8 Å². The monoisotopic (exact) mass is 152 g/mol. The number of allylic oxidation sites excluding steroid dienone is 3. The van der Waals surface area contributed by atoms with E-state index in [2.05, 4.69) is 6.58 Å². The van der Waals surface area contributed by atoms with Crippen molar-refractivity contribution in [2.24, 2.45) is 0 Å². The third-order valence-corrected chi connectivity index (χ3v) is 1.24. The second kappa shape index (κ2) is 5.78. The first-order valence-electron chi connectivity index (χ1n) is 3.77. The van der Waals surface area contributed by atoms with Gasteiger partial charge in [-0.15, -0.1) is 0 Å². The van der Waals surface area contributed by atoms with Crippen molar-refractivity contribution in [3.8, 4) is 0 Å². The van der Waals surface area contributed by atoms with Gasteiger partial charge in [-0.2, -0.15) is 0 Å². The summed E-state index contributed by atoms with van der Waals surface area (Å²) in [6.45, 7) is 10.1. The van der Waals surface area contributed by atoms with Gasteiger partial charge in [-0.05, 0) is 26.3 Å². The summed E-state index contributed by atoms with van der Waals surface area (Å²) in [5.41, 5.74) is 1.18. The minimum Gasteiger partial charge on any atom is -0.494 e. The molecule has 0 rings (SSSR count). The molecule has 1 heteroatoms. The van der Waals surface area contributed by atoms with E-state index in [-0.39, 0.29) is 0 Å². The van der Waals surface area contributed by atoms with Gasteiger partial charge in [0.2, 0.25) is 0 Å². The predicted octanol–water partition coefficient (Wildman–Crippen LogP) is 3.06. The van der Waals surface area contributed by atoms with Crippen LogP contribution in [0.15, 0.2) is 36.1 Å². The van der Waals surface area contributed by atoms with Gasteiger partial charge in [0.15, 0.2) is 0 Å². The Kier molecular flexibility index (Phi) is 5.26. The van der Waals surface area contributed by atoms with E-state index in [0.29, 0.717) is 6.61 Å². The molecule has 1 nitrogen and oxygen atoms in total. The Hall–Kier alpha value is -0.980. The fourth-order valence-corrected chi connectivity index (χ4v) is 0.648. The molecule has 0 aliphatic heterocycles. The van der Waals surface area contributed by atoms with Gasteiger partial charge in [-0.1, -0.05) is 24.8 Å². The van der Waals surface area contributed by atoms with Crippen LogP contribution < -0.4 is 0 Å². The van der Waals surface area contributed by atoms with Gasteiger partial charge in [0.1, 0.15) is 6.61 Å². The highest BCUT2D eigenvalue weighted by atomic mass is 16.5. The molecular weight excluding hydrogens is 136 g/mol. The molecule has 0 saturated carbocycles. The highest BCUT2D eigenvalue weighted by molar-refractivity contribution is 5.17. The first kappa shape index (κ1) is 10.0. The van der Waals surface area contributed by atoms with Crippen molar-refractivity contribution in [2.75, 3.05) is 6.61 Å². The minimum absolute atomic E-state index is 0.621. The molecular formula is C10H16O. The van der Waals surface area contributed by atoms with E-state index in [9.17, 15) is 0 Å². The predicted molar refractivity (Wildman–Crippen MR) is 49.3 cm³/mol. The number of ether oxygens (including phenoxy) is 1. The smallest absolute Gasteiger partial charge is 0.112 e. The molecule has 0 unspecified atom stereocenters. The van der Waals surface area contributed by atoms with Crippen LogP contribution in [0.3, 0.4) is 0 Å². The average molecular weight is 152 g/mol. The van der Waals surface area contributed by atoms with Crippen LogP contribution in [-0.2, 0) is 4.74 Å². The SMILES string of the molecule is C=C(C)OCC(/C=C\C)=C/C. The molecule has 0 heterocycles. The summed E-state index contributed by atoms with van der Waals surface area (Å²) in [4.78, 5) is 0. The van der Waals surface area contributed by atoms with E-state index >= 15 is 0 Å². The molecule has 0 aliphatic rings.